The van der Waals surface area contributed by atoms with E-state index in [-0.39, 0.29) is 37.6 Å². The first-order valence-corrected chi connectivity index (χ1v) is 15.2. The van der Waals surface area contributed by atoms with E-state index in [0.29, 0.717) is 46.3 Å². The van der Waals surface area contributed by atoms with E-state index in [2.05, 4.69) is 9.97 Å². The number of benzene rings is 1. The summed E-state index contributed by atoms with van der Waals surface area (Å²) in [5, 5.41) is 1.47. The highest BCUT2D eigenvalue weighted by atomic mass is 35.5. The Labute approximate surface area is 262 Å². The van der Waals surface area contributed by atoms with Gasteiger partial charge in [0.05, 0.1) is 21.0 Å². The number of methoxy groups -OCH3 is 1. The molecule has 226 valence electrons. The van der Waals surface area contributed by atoms with Crippen molar-refractivity contribution in [2.24, 2.45) is 11.7 Å². The SMILES string of the molecule is COCCCc1cc(CN(C(=O)C(CN)Cc2ccc(OCCOc3c(Cl)cc(C)cc3Cl)nc2)C2CC2)c(Cl)cn1. The summed E-state index contributed by atoms with van der Waals surface area (Å²) in [4.78, 5) is 24.5. The summed E-state index contributed by atoms with van der Waals surface area (Å²) in [6, 6.07) is 9.47. The molecule has 1 aromatic carbocycles. The molecule has 0 aliphatic heterocycles. The highest BCUT2D eigenvalue weighted by Gasteiger charge is 2.36. The minimum absolute atomic E-state index is 0.0275. The maximum atomic E-state index is 13.7. The van der Waals surface area contributed by atoms with Gasteiger partial charge in [-0.25, -0.2) is 4.98 Å². The van der Waals surface area contributed by atoms with Gasteiger partial charge in [0.2, 0.25) is 11.8 Å². The molecule has 1 aliphatic rings. The van der Waals surface area contributed by atoms with Gasteiger partial charge in [0, 0.05) is 57.0 Å². The van der Waals surface area contributed by atoms with Gasteiger partial charge in [0.25, 0.3) is 0 Å². The third-order valence-corrected chi connectivity index (χ3v) is 7.92. The molecule has 0 saturated heterocycles. The van der Waals surface area contributed by atoms with E-state index in [1.165, 1.54) is 0 Å². The number of ether oxygens (including phenoxy) is 3. The molecular formula is C31H37Cl3N4O4. The number of nitrogens with two attached hydrogens (primary N) is 1. The summed E-state index contributed by atoms with van der Waals surface area (Å²) in [5.74, 6) is 0.535. The summed E-state index contributed by atoms with van der Waals surface area (Å²) in [5.41, 5.74) is 9.80. The molecule has 2 aromatic heterocycles. The van der Waals surface area contributed by atoms with Gasteiger partial charge < -0.3 is 24.8 Å². The van der Waals surface area contributed by atoms with Crippen molar-refractivity contribution < 1.29 is 19.0 Å². The first-order chi connectivity index (χ1) is 20.3. The Morgan fingerprint density at radius 1 is 1.02 bits per heavy atom. The fourth-order valence-electron chi connectivity index (χ4n) is 4.66. The number of amides is 1. The lowest BCUT2D eigenvalue weighted by atomic mass is 9.98. The molecule has 0 bridgehead atoms. The lowest BCUT2D eigenvalue weighted by Gasteiger charge is -2.27. The monoisotopic (exact) mass is 634 g/mol. The van der Waals surface area contributed by atoms with Crippen LogP contribution in [0.2, 0.25) is 15.1 Å². The maximum absolute atomic E-state index is 13.7. The Bertz CT molecular complexity index is 1320. The summed E-state index contributed by atoms with van der Waals surface area (Å²) in [6.07, 6.45) is 7.48. The van der Waals surface area contributed by atoms with Crippen LogP contribution in [0.15, 0.2) is 42.7 Å². The molecule has 11 heteroatoms. The van der Waals surface area contributed by atoms with Crippen molar-refractivity contribution in [1.29, 1.82) is 0 Å². The smallest absolute Gasteiger partial charge is 0.227 e. The van der Waals surface area contributed by atoms with Gasteiger partial charge in [0.15, 0.2) is 5.75 Å². The molecule has 4 rings (SSSR count). The van der Waals surface area contributed by atoms with Crippen molar-refractivity contribution in [3.63, 3.8) is 0 Å². The van der Waals surface area contributed by atoms with Gasteiger partial charge in [-0.05, 0) is 73.9 Å². The number of carbonyl (C=O) groups is 1. The molecule has 1 atom stereocenters. The van der Waals surface area contributed by atoms with Crippen molar-refractivity contribution in [2.45, 2.75) is 51.6 Å². The average Bonchev–Trinajstić information content (AvgIpc) is 3.81. The summed E-state index contributed by atoms with van der Waals surface area (Å²) >= 11 is 19.0. The van der Waals surface area contributed by atoms with Crippen molar-refractivity contribution in [3.05, 3.63) is 80.2 Å². The van der Waals surface area contributed by atoms with Crippen molar-refractivity contribution in [1.82, 2.24) is 14.9 Å². The Kier molecular flexibility index (Phi) is 12.1. The van der Waals surface area contributed by atoms with Crippen LogP contribution < -0.4 is 15.2 Å². The first kappa shape index (κ1) is 32.3. The number of halogens is 3. The average molecular weight is 636 g/mol. The van der Waals surface area contributed by atoms with Crippen LogP contribution in [-0.4, -0.2) is 60.3 Å². The topological polar surface area (TPSA) is 99.8 Å². The first-order valence-electron chi connectivity index (χ1n) is 14.1. The van der Waals surface area contributed by atoms with Crippen molar-refractivity contribution in [2.75, 3.05) is 33.5 Å². The standard InChI is InChI=1S/C31H37Cl3N4O4/c1-20-12-26(32)30(27(33)13-20)42-11-10-41-29-8-5-21(17-37-29)14-22(16-35)31(39)38(25-6-7-25)19-23-15-24(4-3-9-40-2)36-18-28(23)34/h5,8,12-13,15,17-18,22,25H,3-4,6-7,9-11,14,16,19,35H2,1-2H3. The lowest BCUT2D eigenvalue weighted by Crippen LogP contribution is -2.41. The molecule has 42 heavy (non-hydrogen) atoms. The molecule has 1 amide bonds. The molecule has 2 N–H and O–H groups in total. The Morgan fingerprint density at radius 3 is 2.40 bits per heavy atom. The van der Waals surface area contributed by atoms with Crippen LogP contribution in [0.3, 0.4) is 0 Å². The van der Waals surface area contributed by atoms with Crippen LogP contribution in [0.5, 0.6) is 11.6 Å². The summed E-state index contributed by atoms with van der Waals surface area (Å²) in [6.45, 7) is 3.76. The minimum atomic E-state index is -0.377. The van der Waals surface area contributed by atoms with Gasteiger partial charge in [-0.15, -0.1) is 0 Å². The Hall–Kier alpha value is -2.62. The minimum Gasteiger partial charge on any atom is -0.487 e. The van der Waals surface area contributed by atoms with E-state index in [1.807, 2.05) is 24.0 Å². The van der Waals surface area contributed by atoms with Crippen LogP contribution >= 0.6 is 34.8 Å². The molecule has 1 aliphatic carbocycles. The number of pyridine rings is 2. The number of carbonyl (C=O) groups excluding carboxylic acids is 1. The fraction of sp³-hybridized carbons (Fsp3) is 0.452. The molecule has 1 fully saturated rings. The van der Waals surface area contributed by atoms with Crippen LogP contribution in [-0.2, 0) is 28.9 Å². The molecule has 1 saturated carbocycles. The van der Waals surface area contributed by atoms with Gasteiger partial charge in [-0.2, -0.15) is 0 Å². The highest BCUT2D eigenvalue weighted by molar-refractivity contribution is 6.37. The van der Waals surface area contributed by atoms with Crippen LogP contribution in [0.4, 0.5) is 0 Å². The molecular weight excluding hydrogens is 599 g/mol. The summed E-state index contributed by atoms with van der Waals surface area (Å²) in [7, 11) is 1.68. The molecule has 0 radical (unpaired) electrons. The second-order valence-corrected chi connectivity index (χ2v) is 11.7. The van der Waals surface area contributed by atoms with Gasteiger partial charge in [-0.1, -0.05) is 40.9 Å². The largest absolute Gasteiger partial charge is 0.487 e. The van der Waals surface area contributed by atoms with Crippen LogP contribution in [0.25, 0.3) is 0 Å². The van der Waals surface area contributed by atoms with Gasteiger partial charge >= 0.3 is 0 Å². The summed E-state index contributed by atoms with van der Waals surface area (Å²) < 4.78 is 16.6. The van der Waals surface area contributed by atoms with E-state index in [9.17, 15) is 4.79 Å². The number of aromatic nitrogens is 2. The van der Waals surface area contributed by atoms with Crippen LogP contribution in [0.1, 0.15) is 41.6 Å². The number of hydrogen-bond acceptors (Lipinski definition) is 7. The molecule has 1 unspecified atom stereocenters. The molecule has 3 aromatic rings. The third kappa shape index (κ3) is 9.19. The molecule has 0 spiro atoms. The Balaban J connectivity index is 1.32. The van der Waals surface area contributed by atoms with E-state index in [4.69, 9.17) is 54.7 Å². The molecule has 2 heterocycles. The predicted molar refractivity (Wildman–Crippen MR) is 166 cm³/mol. The maximum Gasteiger partial charge on any atom is 0.227 e. The third-order valence-electron chi connectivity index (χ3n) is 7.02. The molecule has 8 nitrogen and oxygen atoms in total. The Morgan fingerprint density at radius 2 is 1.76 bits per heavy atom. The lowest BCUT2D eigenvalue weighted by molar-refractivity contribution is -0.136. The van der Waals surface area contributed by atoms with Gasteiger partial charge in [0.1, 0.15) is 13.2 Å². The zero-order valence-corrected chi connectivity index (χ0v) is 26.2. The fourth-order valence-corrected chi connectivity index (χ4v) is 5.53. The number of nitrogens with zero attached hydrogens (tertiary/aromatic N) is 3. The zero-order chi connectivity index (χ0) is 30.1. The van der Waals surface area contributed by atoms with Crippen LogP contribution in [0, 0.1) is 12.8 Å². The van der Waals surface area contributed by atoms with E-state index in [1.54, 1.807) is 37.7 Å². The normalized spacial score (nSPS) is 13.6. The van der Waals surface area contributed by atoms with E-state index in [0.717, 1.165) is 48.1 Å². The number of aryl methyl sites for hydroxylation is 2. The highest BCUT2D eigenvalue weighted by Crippen LogP contribution is 2.34. The number of rotatable bonds is 16. The van der Waals surface area contributed by atoms with E-state index >= 15 is 0 Å². The van der Waals surface area contributed by atoms with Gasteiger partial charge in [-0.3, -0.25) is 9.78 Å². The van der Waals surface area contributed by atoms with E-state index < -0.39 is 0 Å². The zero-order valence-electron chi connectivity index (χ0n) is 24.0. The van der Waals surface area contributed by atoms with Crippen molar-refractivity contribution >= 4 is 40.7 Å². The second kappa shape index (κ2) is 15.7. The van der Waals surface area contributed by atoms with Crippen molar-refractivity contribution in [3.8, 4) is 11.6 Å². The quantitative estimate of drug-likeness (QED) is 0.190. The number of hydrogen-bond donors (Lipinski definition) is 1. The predicted octanol–water partition coefficient (Wildman–Crippen LogP) is 6.09. The second-order valence-electron chi connectivity index (χ2n) is 10.5.